The van der Waals surface area contributed by atoms with Crippen molar-refractivity contribution in [1.29, 1.82) is 0 Å². The molecule has 1 aliphatic carbocycles. The van der Waals surface area contributed by atoms with Gasteiger partial charge in [0.1, 0.15) is 5.02 Å². The number of halogens is 3. The van der Waals surface area contributed by atoms with E-state index in [1.807, 2.05) is 6.07 Å². The number of hydroxylamine groups is 1. The van der Waals surface area contributed by atoms with Gasteiger partial charge in [0.2, 0.25) is 0 Å². The van der Waals surface area contributed by atoms with Gasteiger partial charge in [-0.1, -0.05) is 39.1 Å². The first-order valence-electron chi connectivity index (χ1n) is 11.8. The molecule has 13 heteroatoms. The number of carboxylic acid groups (broad SMARTS) is 1. The minimum Gasteiger partial charge on any atom is -0.465 e. The third kappa shape index (κ3) is 5.96. The number of aromatic nitrogens is 2. The minimum atomic E-state index is -0.910. The SMILES string of the molecule is O=C(NOCC1CC1)c1cn2c(CN3CCN(C(=O)O)CC3)cnc2c(Cl)c1Nc1ccc(Br)cc1Cl. The van der Waals surface area contributed by atoms with Crippen molar-refractivity contribution in [3.63, 3.8) is 0 Å². The van der Waals surface area contributed by atoms with Gasteiger partial charge in [0.15, 0.2) is 5.65 Å². The number of anilines is 2. The number of hydrogen-bond donors (Lipinski definition) is 3. The summed E-state index contributed by atoms with van der Waals surface area (Å²) in [4.78, 5) is 38.0. The fraction of sp³-hybridized carbons (Fsp3) is 0.375. The van der Waals surface area contributed by atoms with Crippen LogP contribution in [0.5, 0.6) is 0 Å². The highest BCUT2D eigenvalue weighted by Crippen LogP contribution is 2.36. The molecule has 1 saturated carbocycles. The van der Waals surface area contributed by atoms with Gasteiger partial charge in [-0.15, -0.1) is 0 Å². The monoisotopic (exact) mass is 610 g/mol. The molecule has 196 valence electrons. The minimum absolute atomic E-state index is 0.260. The first kappa shape index (κ1) is 26.1. The molecule has 10 nitrogen and oxygen atoms in total. The summed E-state index contributed by atoms with van der Waals surface area (Å²) in [5, 5.41) is 13.1. The summed E-state index contributed by atoms with van der Waals surface area (Å²) < 4.78 is 2.61. The molecule has 3 aromatic rings. The van der Waals surface area contributed by atoms with Crippen molar-refractivity contribution >= 4 is 68.2 Å². The Morgan fingerprint density at radius 1 is 1.19 bits per heavy atom. The molecule has 0 spiro atoms. The van der Waals surface area contributed by atoms with Crippen LogP contribution in [0.3, 0.4) is 0 Å². The molecule has 2 amide bonds. The number of imidazole rings is 1. The molecule has 3 heterocycles. The highest BCUT2D eigenvalue weighted by molar-refractivity contribution is 9.10. The molecule has 2 aliphatic rings. The maximum absolute atomic E-state index is 13.2. The van der Waals surface area contributed by atoms with E-state index in [1.165, 1.54) is 4.90 Å². The Morgan fingerprint density at radius 2 is 1.95 bits per heavy atom. The molecule has 37 heavy (non-hydrogen) atoms. The van der Waals surface area contributed by atoms with Crippen LogP contribution in [0.1, 0.15) is 28.9 Å². The molecule has 1 aromatic carbocycles. The van der Waals surface area contributed by atoms with Crippen LogP contribution >= 0.6 is 39.1 Å². The predicted molar refractivity (Wildman–Crippen MR) is 144 cm³/mol. The number of hydrogen-bond acceptors (Lipinski definition) is 6. The molecule has 1 saturated heterocycles. The Labute approximate surface area is 231 Å². The summed E-state index contributed by atoms with van der Waals surface area (Å²) in [6.45, 7) is 3.04. The van der Waals surface area contributed by atoms with E-state index in [1.54, 1.807) is 28.9 Å². The number of pyridine rings is 1. The number of carbonyl (C=O) groups is 2. The van der Waals surface area contributed by atoms with Crippen LogP contribution in [-0.4, -0.2) is 69.1 Å². The topological polar surface area (TPSA) is 111 Å². The number of amides is 2. The summed E-state index contributed by atoms with van der Waals surface area (Å²) >= 11 is 16.6. The molecule has 2 fully saturated rings. The van der Waals surface area contributed by atoms with Crippen LogP contribution in [0.15, 0.2) is 35.1 Å². The Balaban J connectivity index is 1.45. The van der Waals surface area contributed by atoms with Crippen molar-refractivity contribution in [3.8, 4) is 0 Å². The van der Waals surface area contributed by atoms with Crippen LogP contribution < -0.4 is 10.8 Å². The van der Waals surface area contributed by atoms with Crippen molar-refractivity contribution in [2.24, 2.45) is 5.92 Å². The second-order valence-corrected chi connectivity index (χ2v) is 10.9. The largest absolute Gasteiger partial charge is 0.465 e. The summed E-state index contributed by atoms with van der Waals surface area (Å²) in [5.41, 5.74) is 5.04. The fourth-order valence-electron chi connectivity index (χ4n) is 4.15. The Hall–Kier alpha value is -2.57. The van der Waals surface area contributed by atoms with E-state index in [9.17, 15) is 14.7 Å². The zero-order valence-corrected chi connectivity index (χ0v) is 22.8. The summed E-state index contributed by atoms with van der Waals surface area (Å²) in [6, 6.07) is 5.36. The van der Waals surface area contributed by atoms with Crippen molar-refractivity contribution < 1.29 is 19.5 Å². The van der Waals surface area contributed by atoms with Crippen LogP contribution in [0.25, 0.3) is 5.65 Å². The Morgan fingerprint density at radius 3 is 2.62 bits per heavy atom. The molecular formula is C24H25BrCl2N6O4. The zero-order chi connectivity index (χ0) is 26.1. The quantitative estimate of drug-likeness (QED) is 0.307. The zero-order valence-electron chi connectivity index (χ0n) is 19.7. The fourth-order valence-corrected chi connectivity index (χ4v) is 5.16. The summed E-state index contributed by atoms with van der Waals surface area (Å²) in [7, 11) is 0. The number of rotatable bonds is 8. The third-order valence-corrected chi connectivity index (χ3v) is 7.63. The number of nitrogens with zero attached hydrogens (tertiary/aromatic N) is 4. The lowest BCUT2D eigenvalue weighted by molar-refractivity contribution is 0.0270. The number of fused-ring (bicyclic) bond motifs is 1. The van der Waals surface area contributed by atoms with E-state index in [2.05, 4.69) is 36.6 Å². The summed E-state index contributed by atoms with van der Waals surface area (Å²) in [6.07, 6.45) is 4.68. The first-order valence-corrected chi connectivity index (χ1v) is 13.4. The maximum atomic E-state index is 13.2. The number of benzene rings is 1. The van der Waals surface area contributed by atoms with Gasteiger partial charge in [-0.05, 0) is 37.0 Å². The van der Waals surface area contributed by atoms with Gasteiger partial charge in [-0.25, -0.2) is 15.3 Å². The molecule has 0 radical (unpaired) electrons. The normalized spacial score (nSPS) is 16.2. The lowest BCUT2D eigenvalue weighted by Gasteiger charge is -2.32. The first-order chi connectivity index (χ1) is 17.8. The molecule has 0 unspecified atom stereocenters. The van der Waals surface area contributed by atoms with Crippen LogP contribution in [0.2, 0.25) is 10.0 Å². The van der Waals surface area contributed by atoms with E-state index in [-0.39, 0.29) is 10.6 Å². The average molecular weight is 612 g/mol. The summed E-state index contributed by atoms with van der Waals surface area (Å²) in [5.74, 6) is 0.0299. The highest BCUT2D eigenvalue weighted by Gasteiger charge is 2.26. The van der Waals surface area contributed by atoms with Crippen LogP contribution in [-0.2, 0) is 11.4 Å². The molecule has 1 aliphatic heterocycles. The van der Waals surface area contributed by atoms with Crippen molar-refractivity contribution in [3.05, 3.63) is 56.4 Å². The smallest absolute Gasteiger partial charge is 0.407 e. The number of carbonyl (C=O) groups excluding carboxylic acids is 1. The predicted octanol–water partition coefficient (Wildman–Crippen LogP) is 5.01. The van der Waals surface area contributed by atoms with E-state index in [0.29, 0.717) is 67.3 Å². The molecule has 0 bridgehead atoms. The van der Waals surface area contributed by atoms with Gasteiger partial charge in [0.25, 0.3) is 5.91 Å². The van der Waals surface area contributed by atoms with Crippen molar-refractivity contribution in [1.82, 2.24) is 24.7 Å². The molecule has 0 atom stereocenters. The second-order valence-electron chi connectivity index (χ2n) is 9.16. The van der Waals surface area contributed by atoms with E-state index >= 15 is 0 Å². The second kappa shape index (κ2) is 11.0. The van der Waals surface area contributed by atoms with Gasteiger partial charge in [0, 0.05) is 43.4 Å². The Bertz CT molecular complexity index is 1340. The van der Waals surface area contributed by atoms with Gasteiger partial charge in [-0.3, -0.25) is 14.5 Å². The van der Waals surface area contributed by atoms with Gasteiger partial charge in [0.05, 0.1) is 40.5 Å². The highest BCUT2D eigenvalue weighted by atomic mass is 79.9. The van der Waals surface area contributed by atoms with Crippen LogP contribution in [0.4, 0.5) is 16.2 Å². The molecule has 5 rings (SSSR count). The van der Waals surface area contributed by atoms with Crippen LogP contribution in [0, 0.1) is 5.92 Å². The standard InChI is InChI=1S/C24H25BrCl2N6O4/c25-15-3-4-19(18(26)9-15)29-21-17(23(34)30-37-13-14-1-2-14)12-33-16(10-28-22(33)20(21)27)11-31-5-7-32(8-6-31)24(35)36/h3-4,9-10,12,14,29H,1-2,5-8,11,13H2,(H,30,34)(H,35,36). The van der Waals surface area contributed by atoms with E-state index < -0.39 is 12.0 Å². The molecule has 3 N–H and O–H groups in total. The van der Waals surface area contributed by atoms with Crippen molar-refractivity contribution in [2.75, 3.05) is 38.1 Å². The van der Waals surface area contributed by atoms with Gasteiger partial charge >= 0.3 is 6.09 Å². The van der Waals surface area contributed by atoms with Gasteiger partial charge < -0.3 is 19.7 Å². The average Bonchev–Trinajstić information content (AvgIpc) is 3.61. The Kier molecular flexibility index (Phi) is 7.77. The van der Waals surface area contributed by atoms with Crippen molar-refractivity contribution in [2.45, 2.75) is 19.4 Å². The van der Waals surface area contributed by atoms with E-state index in [4.69, 9.17) is 28.0 Å². The molecule has 2 aromatic heterocycles. The number of nitrogens with one attached hydrogen (secondary N) is 2. The number of piperazine rings is 1. The molecular weight excluding hydrogens is 587 g/mol. The van der Waals surface area contributed by atoms with E-state index in [0.717, 1.165) is 23.0 Å². The lowest BCUT2D eigenvalue weighted by Crippen LogP contribution is -2.47. The van der Waals surface area contributed by atoms with Gasteiger partial charge in [-0.2, -0.15) is 0 Å². The third-order valence-electron chi connectivity index (χ3n) is 6.46. The lowest BCUT2D eigenvalue weighted by atomic mass is 10.2. The maximum Gasteiger partial charge on any atom is 0.407 e.